The Morgan fingerprint density at radius 3 is 2.33 bits per heavy atom. The number of guanidine groups is 1. The fraction of sp³-hybridized carbons (Fsp3) is 0.475. The summed E-state index contributed by atoms with van der Waals surface area (Å²) in [6, 6.07) is 11.1. The Labute approximate surface area is 338 Å². The number of benzene rings is 2. The third-order valence-corrected chi connectivity index (χ3v) is 11.0. The van der Waals surface area contributed by atoms with Crippen molar-refractivity contribution >= 4 is 47.0 Å². The number of carbonyl (C=O) groups is 3. The van der Waals surface area contributed by atoms with Crippen molar-refractivity contribution < 1.29 is 32.6 Å². The van der Waals surface area contributed by atoms with Crippen molar-refractivity contribution in [3.8, 4) is 21.7 Å². The third-order valence-electron chi connectivity index (χ3n) is 9.55. The Hall–Kier alpha value is -4.96. The Morgan fingerprint density at radius 1 is 1.00 bits per heavy atom. The molecule has 1 aliphatic heterocycles. The van der Waals surface area contributed by atoms with E-state index in [1.807, 2.05) is 20.8 Å². The number of alkyl carbamates (subject to hydrolysis) is 2. The van der Waals surface area contributed by atoms with Gasteiger partial charge in [-0.25, -0.2) is 19.3 Å². The standard InChI is InChI=1S/C40H45ClF2N8O5S/c1-38(2,3)21-40(26-12-9-22(10-13-26)25-18-44-50(19-25)34(42)43)33(52)51(35(47-40)46-37(54)56-39(4,5)6)30(20-55-36(53)45-27-14-15-27)24-11-16-29(41)28(17-24)32-49-48-31(57-32)23-7-8-23/h9-13,16-19,23,27,30,34H,7-8,14-15,20-21H2,1-6H3,(H,45,53)(H,46,47,54)/t30?,40-/m1/s1. The molecule has 302 valence electrons. The molecule has 17 heteroatoms. The van der Waals surface area contributed by atoms with E-state index < -0.39 is 47.2 Å². The molecule has 57 heavy (non-hydrogen) atoms. The first-order chi connectivity index (χ1) is 26.9. The van der Waals surface area contributed by atoms with Gasteiger partial charge in [0.2, 0.25) is 5.96 Å². The third kappa shape index (κ3) is 9.27. The monoisotopic (exact) mass is 822 g/mol. The van der Waals surface area contributed by atoms with Crippen molar-refractivity contribution in [1.29, 1.82) is 0 Å². The van der Waals surface area contributed by atoms with Gasteiger partial charge in [-0.15, -0.1) is 10.2 Å². The molecule has 3 amide bonds. The van der Waals surface area contributed by atoms with Gasteiger partial charge in [0.1, 0.15) is 22.2 Å². The first-order valence-corrected chi connectivity index (χ1v) is 20.0. The van der Waals surface area contributed by atoms with Crippen molar-refractivity contribution in [2.75, 3.05) is 6.61 Å². The zero-order valence-corrected chi connectivity index (χ0v) is 34.1. The van der Waals surface area contributed by atoms with Crippen LogP contribution >= 0.6 is 22.9 Å². The first kappa shape index (κ1) is 40.2. The summed E-state index contributed by atoms with van der Waals surface area (Å²) < 4.78 is 38.7. The Bertz CT molecular complexity index is 2190. The number of ether oxygens (including phenoxy) is 2. The van der Waals surface area contributed by atoms with Crippen molar-refractivity contribution in [3.63, 3.8) is 0 Å². The summed E-state index contributed by atoms with van der Waals surface area (Å²) in [4.78, 5) is 48.5. The fourth-order valence-electron chi connectivity index (χ4n) is 6.72. The number of hydrogen-bond donors (Lipinski definition) is 2. The quantitative estimate of drug-likeness (QED) is 0.152. The summed E-state index contributed by atoms with van der Waals surface area (Å²) in [7, 11) is 0. The van der Waals surface area contributed by atoms with Gasteiger partial charge in [0.25, 0.3) is 5.91 Å². The molecule has 0 radical (unpaired) electrons. The molecule has 13 nitrogen and oxygen atoms in total. The molecule has 3 heterocycles. The highest BCUT2D eigenvalue weighted by Gasteiger charge is 2.54. The van der Waals surface area contributed by atoms with Crippen molar-refractivity contribution in [2.45, 2.75) is 109 Å². The summed E-state index contributed by atoms with van der Waals surface area (Å²) in [6.07, 6.45) is 5.07. The maximum absolute atomic E-state index is 15.5. The maximum atomic E-state index is 15.5. The van der Waals surface area contributed by atoms with Crippen LogP contribution in [-0.2, 0) is 19.8 Å². The molecule has 2 aromatic carbocycles. The number of nitrogens with zero attached hydrogens (tertiary/aromatic N) is 6. The number of rotatable bonds is 11. The topological polar surface area (TPSA) is 153 Å². The predicted octanol–water partition coefficient (Wildman–Crippen LogP) is 8.98. The van der Waals surface area contributed by atoms with Gasteiger partial charge in [0.05, 0.1) is 17.3 Å². The highest BCUT2D eigenvalue weighted by atomic mass is 35.5. The van der Waals surface area contributed by atoms with Gasteiger partial charge in [-0.1, -0.05) is 74.0 Å². The number of carbonyl (C=O) groups excluding carboxylic acids is 3. The second-order valence-corrected chi connectivity index (χ2v) is 18.3. The van der Waals surface area contributed by atoms with Crippen LogP contribution in [-0.4, -0.2) is 67.2 Å². The minimum atomic E-state index is -2.80. The highest BCUT2D eigenvalue weighted by Crippen LogP contribution is 2.47. The molecule has 2 atom stereocenters. The van der Waals surface area contributed by atoms with E-state index in [0.717, 1.165) is 30.7 Å². The van der Waals surface area contributed by atoms with Crippen LogP contribution in [0.3, 0.4) is 0 Å². The lowest BCUT2D eigenvalue weighted by Gasteiger charge is -2.35. The van der Waals surface area contributed by atoms with Crippen LogP contribution in [0.1, 0.15) is 108 Å². The maximum Gasteiger partial charge on any atom is 0.414 e. The van der Waals surface area contributed by atoms with Gasteiger partial charge in [-0.2, -0.15) is 13.9 Å². The Balaban J connectivity index is 1.33. The van der Waals surface area contributed by atoms with Crippen LogP contribution in [0.4, 0.5) is 18.4 Å². The lowest BCUT2D eigenvalue weighted by Crippen LogP contribution is -2.50. The molecule has 2 saturated carbocycles. The zero-order chi connectivity index (χ0) is 40.9. The van der Waals surface area contributed by atoms with Gasteiger partial charge in [-0.05, 0) is 87.1 Å². The van der Waals surface area contributed by atoms with Crippen molar-refractivity contribution in [1.82, 2.24) is 35.5 Å². The van der Waals surface area contributed by atoms with Gasteiger partial charge in [0, 0.05) is 29.3 Å². The molecule has 2 N–H and O–H groups in total. The molecule has 0 bridgehead atoms. The van der Waals surface area contributed by atoms with Crippen LogP contribution in [0.5, 0.6) is 0 Å². The molecule has 1 unspecified atom stereocenters. The highest BCUT2D eigenvalue weighted by molar-refractivity contribution is 7.14. The lowest BCUT2D eigenvalue weighted by atomic mass is 9.75. The Kier molecular flexibility index (Phi) is 10.9. The number of alkyl halides is 2. The van der Waals surface area contributed by atoms with Gasteiger partial charge < -0.3 is 14.8 Å². The van der Waals surface area contributed by atoms with E-state index in [1.54, 1.807) is 63.2 Å². The van der Waals surface area contributed by atoms with Gasteiger partial charge >= 0.3 is 18.7 Å². The summed E-state index contributed by atoms with van der Waals surface area (Å²) in [5, 5.41) is 20.1. The summed E-state index contributed by atoms with van der Waals surface area (Å²) in [5.41, 5.74) is -0.322. The molecular weight excluding hydrogens is 778 g/mol. The number of amides is 3. The van der Waals surface area contributed by atoms with Crippen LogP contribution in [0.2, 0.25) is 5.02 Å². The Morgan fingerprint density at radius 2 is 1.72 bits per heavy atom. The van der Waals surface area contributed by atoms with E-state index in [-0.39, 0.29) is 25.0 Å². The van der Waals surface area contributed by atoms with Crippen molar-refractivity contribution in [2.24, 2.45) is 10.4 Å². The summed E-state index contributed by atoms with van der Waals surface area (Å²) >= 11 is 8.23. The van der Waals surface area contributed by atoms with Crippen molar-refractivity contribution in [3.05, 3.63) is 76.0 Å². The van der Waals surface area contributed by atoms with E-state index in [1.165, 1.54) is 28.6 Å². The summed E-state index contributed by atoms with van der Waals surface area (Å²) in [5.74, 6) is -0.230. The van der Waals surface area contributed by atoms with E-state index in [9.17, 15) is 18.4 Å². The molecule has 2 aromatic heterocycles. The molecule has 2 fully saturated rings. The first-order valence-electron chi connectivity index (χ1n) is 18.8. The van der Waals surface area contributed by atoms with E-state index in [0.29, 0.717) is 48.4 Å². The van der Waals surface area contributed by atoms with Gasteiger partial charge in [0.15, 0.2) is 5.54 Å². The molecule has 7 rings (SSSR count). The second kappa shape index (κ2) is 15.4. The largest absolute Gasteiger partial charge is 0.447 e. The average Bonchev–Trinajstić information content (AvgIpc) is 4.01. The van der Waals surface area contributed by atoms with Crippen LogP contribution in [0.15, 0.2) is 59.9 Å². The number of hydrogen-bond acceptors (Lipinski definition) is 10. The molecular formula is C40H45ClF2N8O5S. The van der Waals surface area contributed by atoms with Crippen LogP contribution in [0, 0.1) is 5.41 Å². The fourth-order valence-corrected chi connectivity index (χ4v) is 8.02. The van der Waals surface area contributed by atoms with E-state index >= 15 is 4.79 Å². The minimum absolute atomic E-state index is 0.0163. The molecule has 0 saturated heterocycles. The van der Waals surface area contributed by atoms with Crippen LogP contribution in [0.25, 0.3) is 21.7 Å². The number of halogens is 3. The second-order valence-electron chi connectivity index (χ2n) is 16.9. The van der Waals surface area contributed by atoms with Crippen LogP contribution < -0.4 is 10.6 Å². The lowest BCUT2D eigenvalue weighted by molar-refractivity contribution is -0.135. The normalized spacial score (nSPS) is 19.1. The number of nitrogens with one attached hydrogen (secondary N) is 2. The predicted molar refractivity (Wildman–Crippen MR) is 211 cm³/mol. The summed E-state index contributed by atoms with van der Waals surface area (Å²) in [6.45, 7) is 7.95. The number of aliphatic imine (C=N–C) groups is 1. The molecule has 4 aromatic rings. The zero-order valence-electron chi connectivity index (χ0n) is 32.5. The SMILES string of the molecule is CC(C)(C)C[C@]1(c2ccc(-c3cnn(C(F)F)c3)cc2)N=C(NC(=O)OC(C)(C)C)N(C(COC(=O)NC2CC2)c2ccc(Cl)c(-c3nnc(C4CC4)s3)c2)C1=O. The average molecular weight is 823 g/mol. The van der Waals surface area contributed by atoms with Gasteiger partial charge in [-0.3, -0.25) is 15.0 Å². The van der Waals surface area contributed by atoms with E-state index in [4.69, 9.17) is 26.1 Å². The molecule has 2 aliphatic carbocycles. The minimum Gasteiger partial charge on any atom is -0.447 e. The smallest absolute Gasteiger partial charge is 0.414 e. The van der Waals surface area contributed by atoms with E-state index in [2.05, 4.69) is 25.9 Å². The molecule has 3 aliphatic rings. The number of aromatic nitrogens is 4. The molecule has 0 spiro atoms.